The molecular formula is C21H28. The van der Waals surface area contributed by atoms with Crippen molar-refractivity contribution >= 4 is 5.57 Å². The molecule has 2 fully saturated rings. The van der Waals surface area contributed by atoms with Crippen molar-refractivity contribution < 1.29 is 0 Å². The van der Waals surface area contributed by atoms with E-state index in [2.05, 4.69) is 63.8 Å². The van der Waals surface area contributed by atoms with E-state index in [1.54, 1.807) is 0 Å². The van der Waals surface area contributed by atoms with Gasteiger partial charge in [0.25, 0.3) is 0 Å². The minimum Gasteiger partial charge on any atom is -0.116 e. The fourth-order valence-electron chi connectivity index (χ4n) is 3.90. The van der Waals surface area contributed by atoms with Gasteiger partial charge in [-0.15, -0.1) is 5.73 Å². The topological polar surface area (TPSA) is 0 Å². The van der Waals surface area contributed by atoms with Gasteiger partial charge in [0.05, 0.1) is 0 Å². The van der Waals surface area contributed by atoms with Crippen LogP contribution in [0, 0.1) is 16.7 Å². The molecule has 0 heteroatoms. The molecule has 0 bridgehead atoms. The highest BCUT2D eigenvalue weighted by atomic mass is 14.6. The minimum atomic E-state index is 0.307. The summed E-state index contributed by atoms with van der Waals surface area (Å²) >= 11 is 0. The SMILES string of the molecule is CC1(C)C(=C=C(c2ccccc2)C2CCCCC2)C1(C)C. The summed E-state index contributed by atoms with van der Waals surface area (Å²) in [7, 11) is 0. The molecule has 0 unspecified atom stereocenters. The highest BCUT2D eigenvalue weighted by molar-refractivity contribution is 5.69. The van der Waals surface area contributed by atoms with Gasteiger partial charge in [0.15, 0.2) is 0 Å². The Labute approximate surface area is 130 Å². The first-order valence-corrected chi connectivity index (χ1v) is 8.52. The zero-order chi connectivity index (χ0) is 15.1. The Morgan fingerprint density at radius 1 is 0.905 bits per heavy atom. The van der Waals surface area contributed by atoms with Crippen molar-refractivity contribution in [2.75, 3.05) is 0 Å². The lowest BCUT2D eigenvalue weighted by molar-refractivity contribution is 0.429. The molecule has 0 radical (unpaired) electrons. The van der Waals surface area contributed by atoms with Crippen molar-refractivity contribution in [3.05, 3.63) is 47.2 Å². The van der Waals surface area contributed by atoms with Gasteiger partial charge in [0.2, 0.25) is 0 Å². The summed E-state index contributed by atoms with van der Waals surface area (Å²) in [5, 5.41) is 0. The van der Waals surface area contributed by atoms with Crippen LogP contribution in [0.5, 0.6) is 0 Å². The molecule has 0 heterocycles. The highest BCUT2D eigenvalue weighted by Gasteiger charge is 2.60. The molecule has 0 aliphatic heterocycles. The molecular weight excluding hydrogens is 252 g/mol. The predicted octanol–water partition coefficient (Wildman–Crippen LogP) is 6.24. The van der Waals surface area contributed by atoms with Crippen LogP contribution in [0.15, 0.2) is 41.6 Å². The van der Waals surface area contributed by atoms with Gasteiger partial charge in [-0.1, -0.05) is 77.3 Å². The van der Waals surface area contributed by atoms with Crippen LogP contribution < -0.4 is 0 Å². The van der Waals surface area contributed by atoms with Gasteiger partial charge >= 0.3 is 0 Å². The maximum absolute atomic E-state index is 3.89. The summed E-state index contributed by atoms with van der Waals surface area (Å²) in [4.78, 5) is 0. The fraction of sp³-hybridized carbons (Fsp3) is 0.571. The molecule has 1 aromatic rings. The van der Waals surface area contributed by atoms with E-state index < -0.39 is 0 Å². The highest BCUT2D eigenvalue weighted by Crippen LogP contribution is 2.67. The first-order chi connectivity index (χ1) is 9.94. The van der Waals surface area contributed by atoms with E-state index in [4.69, 9.17) is 0 Å². The molecule has 0 atom stereocenters. The third-order valence-corrected chi connectivity index (χ3v) is 6.11. The molecule has 3 rings (SSSR count). The van der Waals surface area contributed by atoms with E-state index >= 15 is 0 Å². The normalized spacial score (nSPS) is 23.5. The lowest BCUT2D eigenvalue weighted by Crippen LogP contribution is -2.08. The summed E-state index contributed by atoms with van der Waals surface area (Å²) in [5.41, 5.74) is 8.88. The van der Waals surface area contributed by atoms with E-state index in [-0.39, 0.29) is 0 Å². The lowest BCUT2D eigenvalue weighted by Gasteiger charge is -2.23. The monoisotopic (exact) mass is 280 g/mol. The van der Waals surface area contributed by atoms with E-state index in [1.165, 1.54) is 48.8 Å². The van der Waals surface area contributed by atoms with Crippen LogP contribution in [0.2, 0.25) is 0 Å². The Hall–Kier alpha value is -1.26. The van der Waals surface area contributed by atoms with Gasteiger partial charge in [-0.2, -0.15) is 0 Å². The first-order valence-electron chi connectivity index (χ1n) is 8.52. The van der Waals surface area contributed by atoms with Gasteiger partial charge in [0, 0.05) is 16.4 Å². The molecule has 2 saturated carbocycles. The van der Waals surface area contributed by atoms with Crippen LogP contribution in [0.1, 0.15) is 65.4 Å². The molecule has 1 aromatic carbocycles. The Balaban J connectivity index is 2.08. The van der Waals surface area contributed by atoms with Crippen molar-refractivity contribution in [3.63, 3.8) is 0 Å². The quantitative estimate of drug-likeness (QED) is 0.562. The Bertz CT molecular complexity index is 558. The van der Waals surface area contributed by atoms with E-state index in [1.807, 2.05) is 0 Å². The van der Waals surface area contributed by atoms with Crippen LogP contribution in [-0.2, 0) is 0 Å². The van der Waals surface area contributed by atoms with Crippen LogP contribution in [-0.4, -0.2) is 0 Å². The van der Waals surface area contributed by atoms with Crippen molar-refractivity contribution in [2.45, 2.75) is 59.8 Å². The van der Waals surface area contributed by atoms with E-state index in [0.29, 0.717) is 16.7 Å². The lowest BCUT2D eigenvalue weighted by atomic mass is 9.81. The van der Waals surface area contributed by atoms with Gasteiger partial charge in [-0.3, -0.25) is 0 Å². The number of rotatable bonds is 2. The number of allylic oxidation sites excluding steroid dienone is 1. The average molecular weight is 280 g/mol. The summed E-state index contributed by atoms with van der Waals surface area (Å²) in [6.07, 6.45) is 6.85. The second-order valence-corrected chi connectivity index (χ2v) is 7.86. The molecule has 2 aliphatic rings. The molecule has 0 aromatic heterocycles. The maximum atomic E-state index is 3.89. The first kappa shape index (κ1) is 14.7. The van der Waals surface area contributed by atoms with E-state index in [9.17, 15) is 0 Å². The van der Waals surface area contributed by atoms with Crippen molar-refractivity contribution in [1.82, 2.24) is 0 Å². The van der Waals surface area contributed by atoms with Crippen LogP contribution >= 0.6 is 0 Å². The third-order valence-electron chi connectivity index (χ3n) is 6.11. The van der Waals surface area contributed by atoms with Crippen molar-refractivity contribution in [1.29, 1.82) is 0 Å². The smallest absolute Gasteiger partial charge is 0.00430 e. The molecule has 2 aliphatic carbocycles. The summed E-state index contributed by atoms with van der Waals surface area (Å²) < 4.78 is 0. The Morgan fingerprint density at radius 2 is 1.48 bits per heavy atom. The molecule has 0 nitrogen and oxygen atoms in total. The summed E-state index contributed by atoms with van der Waals surface area (Å²) in [5.74, 6) is 0.709. The molecule has 0 amide bonds. The predicted molar refractivity (Wildman–Crippen MR) is 91.0 cm³/mol. The molecule has 112 valence electrons. The largest absolute Gasteiger partial charge is 0.116 e. The van der Waals surface area contributed by atoms with E-state index in [0.717, 1.165) is 0 Å². The van der Waals surface area contributed by atoms with Gasteiger partial charge in [0.1, 0.15) is 0 Å². The Morgan fingerprint density at radius 3 is 2.00 bits per heavy atom. The average Bonchev–Trinajstić information content (AvgIpc) is 2.88. The minimum absolute atomic E-state index is 0.307. The molecule has 0 spiro atoms. The van der Waals surface area contributed by atoms with Crippen LogP contribution in [0.25, 0.3) is 5.57 Å². The van der Waals surface area contributed by atoms with Gasteiger partial charge in [-0.05, 0) is 29.9 Å². The number of benzene rings is 1. The van der Waals surface area contributed by atoms with Crippen molar-refractivity contribution in [3.8, 4) is 0 Å². The number of hydrogen-bond donors (Lipinski definition) is 0. The maximum Gasteiger partial charge on any atom is 0.00430 e. The summed E-state index contributed by atoms with van der Waals surface area (Å²) in [6.45, 7) is 9.44. The van der Waals surface area contributed by atoms with Gasteiger partial charge in [-0.25, -0.2) is 0 Å². The van der Waals surface area contributed by atoms with Gasteiger partial charge < -0.3 is 0 Å². The molecule has 0 saturated heterocycles. The number of hydrogen-bond acceptors (Lipinski definition) is 0. The standard InChI is InChI=1S/C21H28/c1-20(2)19(21(20,3)4)15-18(16-11-7-5-8-12-16)17-13-9-6-10-14-17/h5,7-8,11-12,17H,6,9-10,13-14H2,1-4H3. The Kier molecular flexibility index (Phi) is 3.62. The fourth-order valence-corrected chi connectivity index (χ4v) is 3.90. The summed E-state index contributed by atoms with van der Waals surface area (Å²) in [6, 6.07) is 11.0. The second-order valence-electron chi connectivity index (χ2n) is 7.86. The zero-order valence-corrected chi connectivity index (χ0v) is 14.0. The second kappa shape index (κ2) is 5.18. The third kappa shape index (κ3) is 2.51. The van der Waals surface area contributed by atoms with Crippen molar-refractivity contribution in [2.24, 2.45) is 16.7 Å². The molecule has 21 heavy (non-hydrogen) atoms. The molecule has 0 N–H and O–H groups in total. The zero-order valence-electron chi connectivity index (χ0n) is 14.0. The van der Waals surface area contributed by atoms with Crippen LogP contribution in [0.4, 0.5) is 0 Å². The van der Waals surface area contributed by atoms with Crippen LogP contribution in [0.3, 0.4) is 0 Å².